The number of phenols is 1. The summed E-state index contributed by atoms with van der Waals surface area (Å²) in [7, 11) is 0. The molecule has 2 aromatic rings. The van der Waals surface area contributed by atoms with Crippen LogP contribution < -0.4 is 10.2 Å². The Kier molecular flexibility index (Phi) is 7.40. The number of rotatable bonds is 7. The number of nitrogens with one attached hydrogen (secondary N) is 1. The number of aryl methyl sites for hydroxylation is 2. The van der Waals surface area contributed by atoms with Gasteiger partial charge in [0.2, 0.25) is 0 Å². The lowest BCUT2D eigenvalue weighted by Crippen LogP contribution is -2.19. The van der Waals surface area contributed by atoms with Crippen molar-refractivity contribution in [3.05, 3.63) is 39.6 Å². The maximum Gasteiger partial charge on any atom is 0.250 e. The number of nitrogens with zero attached hydrogens (tertiary/aromatic N) is 3. The van der Waals surface area contributed by atoms with Crippen molar-refractivity contribution < 1.29 is 14.6 Å². The first kappa shape index (κ1) is 20.2. The Morgan fingerprint density at radius 2 is 2.04 bits per heavy atom. The first-order valence-electron chi connectivity index (χ1n) is 7.81. The average Bonchev–Trinajstić information content (AvgIpc) is 2.56. The molecule has 1 aromatic heterocycles. The summed E-state index contributed by atoms with van der Waals surface area (Å²) in [5.41, 5.74) is 4.84. The normalized spacial score (nSPS) is 10.9. The van der Waals surface area contributed by atoms with E-state index in [0.29, 0.717) is 27.5 Å². The van der Waals surface area contributed by atoms with Crippen LogP contribution in [0.15, 0.2) is 32.9 Å². The summed E-state index contributed by atoms with van der Waals surface area (Å²) < 4.78 is 5.96. The van der Waals surface area contributed by atoms with Gasteiger partial charge in [-0.1, -0.05) is 11.8 Å². The van der Waals surface area contributed by atoms with Crippen LogP contribution in [0, 0.1) is 13.8 Å². The van der Waals surface area contributed by atoms with Crippen LogP contribution in [-0.4, -0.2) is 39.6 Å². The molecule has 0 unspecified atom stereocenters. The van der Waals surface area contributed by atoms with Gasteiger partial charge in [-0.05, 0) is 54.9 Å². The molecule has 1 amide bonds. The van der Waals surface area contributed by atoms with Gasteiger partial charge in [0.15, 0.2) is 16.7 Å². The summed E-state index contributed by atoms with van der Waals surface area (Å²) in [6.45, 7) is 6.02. The number of aromatic nitrogens is 2. The zero-order valence-corrected chi connectivity index (χ0v) is 17.0. The fraction of sp³-hybridized carbons (Fsp3) is 0.294. The summed E-state index contributed by atoms with van der Waals surface area (Å²) in [5.74, 6) is 0.269. The zero-order valence-electron chi connectivity index (χ0n) is 14.6. The first-order chi connectivity index (χ1) is 12.4. The predicted octanol–water partition coefficient (Wildman–Crippen LogP) is 3.20. The van der Waals surface area contributed by atoms with Crippen LogP contribution in [0.5, 0.6) is 11.5 Å². The molecule has 138 valence electrons. The third-order valence-corrected chi connectivity index (χ3v) is 4.60. The summed E-state index contributed by atoms with van der Waals surface area (Å²) in [6.07, 6.45) is 1.47. The number of thioether (sulfide) groups is 1. The molecule has 0 aliphatic carbocycles. The SMILES string of the molecule is CCOc1cc(/C=N\NC(=O)CSc2nc(C)cc(C)n2)c(Br)cc1O. The lowest BCUT2D eigenvalue weighted by atomic mass is 10.2. The molecule has 0 bridgehead atoms. The van der Waals surface area contributed by atoms with E-state index in [1.807, 2.05) is 26.8 Å². The van der Waals surface area contributed by atoms with E-state index in [-0.39, 0.29) is 17.4 Å². The van der Waals surface area contributed by atoms with E-state index in [1.165, 1.54) is 24.0 Å². The van der Waals surface area contributed by atoms with E-state index in [4.69, 9.17) is 4.74 Å². The molecule has 0 fully saturated rings. The molecule has 2 N–H and O–H groups in total. The molecule has 0 aliphatic rings. The van der Waals surface area contributed by atoms with E-state index >= 15 is 0 Å². The summed E-state index contributed by atoms with van der Waals surface area (Å²) in [5, 5.41) is 14.3. The summed E-state index contributed by atoms with van der Waals surface area (Å²) in [4.78, 5) is 20.4. The molecule has 0 radical (unpaired) electrons. The van der Waals surface area contributed by atoms with Crippen molar-refractivity contribution in [3.8, 4) is 11.5 Å². The van der Waals surface area contributed by atoms with E-state index in [0.717, 1.165) is 11.4 Å². The highest BCUT2D eigenvalue weighted by Gasteiger charge is 2.08. The highest BCUT2D eigenvalue weighted by atomic mass is 79.9. The Morgan fingerprint density at radius 3 is 2.69 bits per heavy atom. The monoisotopic (exact) mass is 438 g/mol. The largest absolute Gasteiger partial charge is 0.504 e. The van der Waals surface area contributed by atoms with E-state index in [1.54, 1.807) is 6.07 Å². The molecule has 9 heteroatoms. The van der Waals surface area contributed by atoms with Crippen LogP contribution in [-0.2, 0) is 4.79 Å². The van der Waals surface area contributed by atoms with Crippen molar-refractivity contribution in [2.45, 2.75) is 25.9 Å². The van der Waals surface area contributed by atoms with Crippen molar-refractivity contribution >= 4 is 39.8 Å². The van der Waals surface area contributed by atoms with Crippen molar-refractivity contribution in [2.75, 3.05) is 12.4 Å². The minimum Gasteiger partial charge on any atom is -0.504 e. The fourth-order valence-corrected chi connectivity index (χ4v) is 3.20. The second-order valence-corrected chi connectivity index (χ2v) is 7.09. The van der Waals surface area contributed by atoms with Crippen LogP contribution in [0.4, 0.5) is 0 Å². The van der Waals surface area contributed by atoms with Crippen LogP contribution in [0.2, 0.25) is 0 Å². The lowest BCUT2D eigenvalue weighted by molar-refractivity contribution is -0.118. The molecule has 0 saturated heterocycles. The number of amides is 1. The van der Waals surface area contributed by atoms with Crippen LogP contribution >= 0.6 is 27.7 Å². The number of phenolic OH excluding ortho intramolecular Hbond substituents is 1. The van der Waals surface area contributed by atoms with Crippen LogP contribution in [0.3, 0.4) is 0 Å². The Hall–Kier alpha value is -2.13. The molecule has 0 spiro atoms. The molecular weight excluding hydrogens is 420 g/mol. The molecule has 0 saturated carbocycles. The van der Waals surface area contributed by atoms with Gasteiger partial charge in [-0.2, -0.15) is 5.10 Å². The maximum absolute atomic E-state index is 11.9. The van der Waals surface area contributed by atoms with Gasteiger partial charge in [0.05, 0.1) is 18.6 Å². The minimum atomic E-state index is -0.269. The standard InChI is InChI=1S/C17H19BrN4O3S/c1-4-25-15-6-12(13(18)7-14(15)23)8-19-22-16(24)9-26-17-20-10(2)5-11(3)21-17/h5-8,23H,4,9H2,1-3H3,(H,22,24)/b19-8-. The number of hydrogen-bond acceptors (Lipinski definition) is 7. The summed E-state index contributed by atoms with van der Waals surface area (Å²) >= 11 is 4.58. The second kappa shape index (κ2) is 9.54. The Balaban J connectivity index is 1.93. The van der Waals surface area contributed by atoms with E-state index < -0.39 is 0 Å². The minimum absolute atomic E-state index is 0.0322. The van der Waals surface area contributed by atoms with Gasteiger partial charge >= 0.3 is 0 Å². The van der Waals surface area contributed by atoms with Crippen LogP contribution in [0.1, 0.15) is 23.9 Å². The first-order valence-corrected chi connectivity index (χ1v) is 9.59. The molecule has 1 aromatic carbocycles. The van der Waals surface area contributed by atoms with Crippen molar-refractivity contribution in [1.82, 2.24) is 15.4 Å². The predicted molar refractivity (Wildman–Crippen MR) is 105 cm³/mol. The number of benzene rings is 1. The number of hydrazone groups is 1. The number of carbonyl (C=O) groups is 1. The lowest BCUT2D eigenvalue weighted by Gasteiger charge is -2.08. The fourth-order valence-electron chi connectivity index (χ4n) is 2.02. The molecule has 7 nitrogen and oxygen atoms in total. The molecule has 0 atom stereocenters. The Morgan fingerprint density at radius 1 is 1.35 bits per heavy atom. The number of ether oxygens (including phenoxy) is 1. The Labute approximate surface area is 164 Å². The topological polar surface area (TPSA) is 96.7 Å². The van der Waals surface area contributed by atoms with Gasteiger partial charge in [-0.3, -0.25) is 4.79 Å². The number of aromatic hydroxyl groups is 1. The van der Waals surface area contributed by atoms with Gasteiger partial charge in [-0.25, -0.2) is 15.4 Å². The highest BCUT2D eigenvalue weighted by Crippen LogP contribution is 2.31. The number of hydrogen-bond donors (Lipinski definition) is 2. The van der Waals surface area contributed by atoms with Gasteiger partial charge in [-0.15, -0.1) is 0 Å². The number of carbonyl (C=O) groups excluding carboxylic acids is 1. The van der Waals surface area contributed by atoms with Crippen molar-refractivity contribution in [1.29, 1.82) is 0 Å². The average molecular weight is 439 g/mol. The van der Waals surface area contributed by atoms with E-state index in [9.17, 15) is 9.90 Å². The van der Waals surface area contributed by atoms with Gasteiger partial charge in [0, 0.05) is 21.4 Å². The van der Waals surface area contributed by atoms with Gasteiger partial charge in [0.25, 0.3) is 5.91 Å². The Bertz CT molecular complexity index is 810. The second-order valence-electron chi connectivity index (χ2n) is 5.29. The molecule has 0 aliphatic heterocycles. The van der Waals surface area contributed by atoms with Gasteiger partial charge in [0.1, 0.15) is 0 Å². The van der Waals surface area contributed by atoms with Crippen LogP contribution in [0.25, 0.3) is 0 Å². The third kappa shape index (κ3) is 5.99. The zero-order chi connectivity index (χ0) is 19.1. The molecular formula is C17H19BrN4O3S. The van der Waals surface area contributed by atoms with Gasteiger partial charge < -0.3 is 9.84 Å². The highest BCUT2D eigenvalue weighted by molar-refractivity contribution is 9.10. The molecule has 26 heavy (non-hydrogen) atoms. The number of halogens is 1. The van der Waals surface area contributed by atoms with Crippen molar-refractivity contribution in [2.24, 2.45) is 5.10 Å². The summed E-state index contributed by atoms with van der Waals surface area (Å²) in [6, 6.07) is 5.03. The smallest absolute Gasteiger partial charge is 0.250 e. The third-order valence-electron chi connectivity index (χ3n) is 3.07. The maximum atomic E-state index is 11.9. The van der Waals surface area contributed by atoms with E-state index in [2.05, 4.69) is 36.4 Å². The van der Waals surface area contributed by atoms with Crippen molar-refractivity contribution in [3.63, 3.8) is 0 Å². The molecule has 1 heterocycles. The molecule has 2 rings (SSSR count). The quantitative estimate of drug-likeness (QED) is 0.298.